The lowest BCUT2D eigenvalue weighted by atomic mass is 10.2. The Morgan fingerprint density at radius 1 is 0.909 bits per heavy atom. The Labute approximate surface area is 201 Å². The minimum Gasteiger partial charge on any atom is -0.454 e. The maximum Gasteiger partial charge on any atom is 0.243 e. The lowest BCUT2D eigenvalue weighted by Gasteiger charge is -2.22. The second-order valence-corrected chi connectivity index (χ2v) is 10.1. The number of carbonyl (C=O) groups excluding carboxylic acids is 1. The van der Waals surface area contributed by atoms with E-state index in [9.17, 15) is 13.2 Å². The molecule has 1 aliphatic heterocycles. The standard InChI is InChI=1S/C23H20Cl2N2O5S/c24-19-8-6-17(10-20(19)25)13-27(33(29,30)18-4-2-1-3-5-18)14-23(28)26-12-16-7-9-21-22(11-16)32-15-31-21/h1-11H,12-15H2,(H,26,28). The molecule has 0 spiro atoms. The van der Waals surface area contributed by atoms with E-state index in [2.05, 4.69) is 5.32 Å². The molecule has 1 N–H and O–H groups in total. The van der Waals surface area contributed by atoms with Gasteiger partial charge in [-0.05, 0) is 47.5 Å². The van der Waals surface area contributed by atoms with Crippen molar-refractivity contribution in [2.24, 2.45) is 0 Å². The zero-order valence-electron chi connectivity index (χ0n) is 17.3. The van der Waals surface area contributed by atoms with Crippen molar-refractivity contribution in [2.75, 3.05) is 13.3 Å². The maximum absolute atomic E-state index is 13.3. The van der Waals surface area contributed by atoms with E-state index < -0.39 is 15.9 Å². The SMILES string of the molecule is O=C(CN(Cc1ccc(Cl)c(Cl)c1)S(=O)(=O)c1ccccc1)NCc1ccc2c(c1)OCO2. The Kier molecular flexibility index (Phi) is 7.09. The molecule has 0 bridgehead atoms. The van der Waals surface area contributed by atoms with Crippen LogP contribution in [0.4, 0.5) is 0 Å². The Hall–Kier alpha value is -2.78. The van der Waals surface area contributed by atoms with Gasteiger partial charge in [-0.25, -0.2) is 8.42 Å². The number of fused-ring (bicyclic) bond motifs is 1. The van der Waals surface area contributed by atoms with Gasteiger partial charge in [0.05, 0.1) is 21.5 Å². The third kappa shape index (κ3) is 5.59. The van der Waals surface area contributed by atoms with Gasteiger partial charge in [-0.1, -0.05) is 53.5 Å². The number of hydrogen-bond donors (Lipinski definition) is 1. The molecule has 0 unspecified atom stereocenters. The van der Waals surface area contributed by atoms with Crippen LogP contribution in [0.5, 0.6) is 11.5 Å². The second-order valence-electron chi connectivity index (χ2n) is 7.30. The fourth-order valence-electron chi connectivity index (χ4n) is 3.28. The molecular formula is C23H20Cl2N2O5S. The van der Waals surface area contributed by atoms with E-state index in [1.807, 2.05) is 6.07 Å². The number of benzene rings is 3. The Balaban J connectivity index is 1.51. The minimum atomic E-state index is -3.95. The molecule has 10 heteroatoms. The number of amides is 1. The summed E-state index contributed by atoms with van der Waals surface area (Å²) in [5.41, 5.74) is 1.40. The summed E-state index contributed by atoms with van der Waals surface area (Å²) in [6, 6.07) is 18.1. The molecule has 0 aliphatic carbocycles. The van der Waals surface area contributed by atoms with E-state index in [1.54, 1.807) is 48.5 Å². The first-order valence-electron chi connectivity index (χ1n) is 9.97. The number of rotatable bonds is 8. The van der Waals surface area contributed by atoms with Gasteiger partial charge in [-0.15, -0.1) is 0 Å². The minimum absolute atomic E-state index is 0.0500. The van der Waals surface area contributed by atoms with Crippen LogP contribution in [0.1, 0.15) is 11.1 Å². The second kappa shape index (κ2) is 10.0. The molecule has 4 rings (SSSR count). The highest BCUT2D eigenvalue weighted by Gasteiger charge is 2.27. The molecule has 0 saturated heterocycles. The van der Waals surface area contributed by atoms with Gasteiger partial charge in [-0.2, -0.15) is 4.31 Å². The predicted octanol–water partition coefficient (Wildman–Crippen LogP) is 4.23. The molecule has 1 heterocycles. The topological polar surface area (TPSA) is 84.9 Å². The van der Waals surface area contributed by atoms with Crippen molar-refractivity contribution in [3.63, 3.8) is 0 Å². The van der Waals surface area contributed by atoms with Crippen molar-refractivity contribution in [1.29, 1.82) is 0 Å². The van der Waals surface area contributed by atoms with Gasteiger partial charge < -0.3 is 14.8 Å². The van der Waals surface area contributed by atoms with E-state index in [-0.39, 0.29) is 31.3 Å². The smallest absolute Gasteiger partial charge is 0.243 e. The first kappa shape index (κ1) is 23.4. The number of ether oxygens (including phenoxy) is 2. The molecule has 1 amide bonds. The molecular weight excluding hydrogens is 487 g/mol. The van der Waals surface area contributed by atoms with Crippen LogP contribution >= 0.6 is 23.2 Å². The van der Waals surface area contributed by atoms with Gasteiger partial charge >= 0.3 is 0 Å². The molecule has 0 radical (unpaired) electrons. The highest BCUT2D eigenvalue weighted by atomic mass is 35.5. The summed E-state index contributed by atoms with van der Waals surface area (Å²) in [6.45, 7) is -0.0543. The Bertz CT molecular complexity index is 1270. The van der Waals surface area contributed by atoms with Gasteiger partial charge in [0.15, 0.2) is 11.5 Å². The molecule has 0 atom stereocenters. The summed E-state index contributed by atoms with van der Waals surface area (Å²) < 4.78 is 38.3. The van der Waals surface area contributed by atoms with E-state index in [1.165, 1.54) is 12.1 Å². The summed E-state index contributed by atoms with van der Waals surface area (Å²) in [7, 11) is -3.95. The van der Waals surface area contributed by atoms with Gasteiger partial charge in [0.1, 0.15) is 0 Å². The van der Waals surface area contributed by atoms with Crippen LogP contribution in [0, 0.1) is 0 Å². The quantitative estimate of drug-likeness (QED) is 0.494. The Morgan fingerprint density at radius 2 is 1.64 bits per heavy atom. The summed E-state index contributed by atoms with van der Waals surface area (Å²) in [5, 5.41) is 3.43. The maximum atomic E-state index is 13.3. The fourth-order valence-corrected chi connectivity index (χ4v) is 5.00. The van der Waals surface area contributed by atoms with Gasteiger partial charge in [0.25, 0.3) is 0 Å². The Morgan fingerprint density at radius 3 is 2.39 bits per heavy atom. The number of halogens is 2. The van der Waals surface area contributed by atoms with Crippen LogP contribution < -0.4 is 14.8 Å². The van der Waals surface area contributed by atoms with Crippen molar-refractivity contribution in [3.8, 4) is 11.5 Å². The van der Waals surface area contributed by atoms with Crippen molar-refractivity contribution >= 4 is 39.1 Å². The van der Waals surface area contributed by atoms with E-state index >= 15 is 0 Å². The molecule has 33 heavy (non-hydrogen) atoms. The molecule has 7 nitrogen and oxygen atoms in total. The van der Waals surface area contributed by atoms with Crippen LogP contribution in [0.15, 0.2) is 71.6 Å². The van der Waals surface area contributed by atoms with Crippen LogP contribution in [0.2, 0.25) is 10.0 Å². The van der Waals surface area contributed by atoms with Crippen molar-refractivity contribution < 1.29 is 22.7 Å². The molecule has 0 aromatic heterocycles. The average molecular weight is 507 g/mol. The highest BCUT2D eigenvalue weighted by Crippen LogP contribution is 2.32. The number of sulfonamides is 1. The number of nitrogens with zero attached hydrogens (tertiary/aromatic N) is 1. The lowest BCUT2D eigenvalue weighted by Crippen LogP contribution is -2.40. The first-order chi connectivity index (χ1) is 15.8. The molecule has 3 aromatic carbocycles. The number of carbonyl (C=O) groups is 1. The fraction of sp³-hybridized carbons (Fsp3) is 0.174. The zero-order valence-corrected chi connectivity index (χ0v) is 19.7. The normalized spacial score (nSPS) is 12.7. The van der Waals surface area contributed by atoms with Crippen LogP contribution in [-0.2, 0) is 27.9 Å². The lowest BCUT2D eigenvalue weighted by molar-refractivity contribution is -0.121. The zero-order chi connectivity index (χ0) is 23.4. The largest absolute Gasteiger partial charge is 0.454 e. The predicted molar refractivity (Wildman–Crippen MR) is 125 cm³/mol. The van der Waals surface area contributed by atoms with Crippen LogP contribution in [0.3, 0.4) is 0 Å². The third-order valence-corrected chi connectivity index (χ3v) is 7.52. The summed E-state index contributed by atoms with van der Waals surface area (Å²) in [4.78, 5) is 12.8. The third-order valence-electron chi connectivity index (χ3n) is 4.97. The number of hydrogen-bond acceptors (Lipinski definition) is 5. The number of nitrogens with one attached hydrogen (secondary N) is 1. The first-order valence-corrected chi connectivity index (χ1v) is 12.2. The van der Waals surface area contributed by atoms with Gasteiger partial charge in [0, 0.05) is 13.1 Å². The van der Waals surface area contributed by atoms with E-state index in [0.717, 1.165) is 9.87 Å². The molecule has 0 fully saturated rings. The van der Waals surface area contributed by atoms with Crippen molar-refractivity contribution in [3.05, 3.63) is 87.9 Å². The molecule has 1 aliphatic rings. The van der Waals surface area contributed by atoms with Crippen LogP contribution in [0.25, 0.3) is 0 Å². The van der Waals surface area contributed by atoms with Gasteiger partial charge in [0.2, 0.25) is 22.7 Å². The monoisotopic (exact) mass is 506 g/mol. The average Bonchev–Trinajstić information content (AvgIpc) is 3.28. The summed E-state index contributed by atoms with van der Waals surface area (Å²) in [6.07, 6.45) is 0. The highest BCUT2D eigenvalue weighted by molar-refractivity contribution is 7.89. The van der Waals surface area contributed by atoms with Crippen molar-refractivity contribution in [2.45, 2.75) is 18.0 Å². The summed E-state index contributed by atoms with van der Waals surface area (Å²) in [5.74, 6) is 0.800. The van der Waals surface area contributed by atoms with Crippen LogP contribution in [-0.4, -0.2) is 32.0 Å². The van der Waals surface area contributed by atoms with Crippen molar-refractivity contribution in [1.82, 2.24) is 9.62 Å². The molecule has 172 valence electrons. The van der Waals surface area contributed by atoms with Gasteiger partial charge in [-0.3, -0.25) is 4.79 Å². The van der Waals surface area contributed by atoms with E-state index in [0.29, 0.717) is 27.1 Å². The molecule has 3 aromatic rings. The summed E-state index contributed by atoms with van der Waals surface area (Å²) >= 11 is 12.1. The van der Waals surface area contributed by atoms with E-state index in [4.69, 9.17) is 32.7 Å². The molecule has 0 saturated carbocycles.